The van der Waals surface area contributed by atoms with E-state index in [1.54, 1.807) is 0 Å². The molecule has 0 amide bonds. The molecule has 0 aliphatic heterocycles. The molecule has 16 heavy (non-hydrogen) atoms. The van der Waals surface area contributed by atoms with Crippen molar-refractivity contribution in [2.24, 2.45) is 11.7 Å². The van der Waals surface area contributed by atoms with Gasteiger partial charge in [0, 0.05) is 5.54 Å². The predicted octanol–water partition coefficient (Wildman–Crippen LogP) is 3.55. The van der Waals surface area contributed by atoms with Gasteiger partial charge in [-0.25, -0.2) is 4.79 Å². The molecule has 1 atom stereocenters. The zero-order valence-corrected chi connectivity index (χ0v) is 11.0. The van der Waals surface area contributed by atoms with E-state index in [0.717, 1.165) is 0 Å². The molecule has 98 valence electrons. The number of hydrogen-bond acceptors (Lipinski definition) is 2. The molecule has 1 unspecified atom stereocenters. The fraction of sp³-hybridized carbons (Fsp3) is 0.917. The Morgan fingerprint density at radius 2 is 1.69 bits per heavy atom. The minimum absolute atomic E-state index is 0.00617. The van der Waals surface area contributed by atoms with Crippen molar-refractivity contribution in [3.8, 4) is 0 Å². The molecule has 0 bridgehead atoms. The lowest BCUT2D eigenvalue weighted by Gasteiger charge is -2.27. The Balaban J connectivity index is 0. The van der Waals surface area contributed by atoms with Crippen LogP contribution in [-0.2, 0) is 0 Å². The van der Waals surface area contributed by atoms with Crippen molar-refractivity contribution in [2.45, 2.75) is 65.3 Å². The zero-order valence-electron chi connectivity index (χ0n) is 11.0. The average Bonchev–Trinajstić information content (AvgIpc) is 2.09. The normalized spacial score (nSPS) is 12.6. The molecule has 0 radical (unpaired) electrons. The Kier molecular flexibility index (Phi) is 10.4. The second-order valence-electron chi connectivity index (χ2n) is 4.85. The molecule has 0 aliphatic rings. The molecule has 0 heterocycles. The predicted molar refractivity (Wildman–Crippen MR) is 66.8 cm³/mol. The highest BCUT2D eigenvalue weighted by Gasteiger charge is 2.19. The Bertz CT molecular complexity index is 172. The van der Waals surface area contributed by atoms with Gasteiger partial charge in [0.1, 0.15) is 0 Å². The number of carboxylic acid groups (broad SMARTS) is 2. The van der Waals surface area contributed by atoms with Crippen LogP contribution in [0.5, 0.6) is 0 Å². The van der Waals surface area contributed by atoms with Gasteiger partial charge in [-0.05, 0) is 26.2 Å². The summed E-state index contributed by atoms with van der Waals surface area (Å²) in [6.45, 7) is 8.75. The van der Waals surface area contributed by atoms with E-state index >= 15 is 0 Å². The van der Waals surface area contributed by atoms with E-state index in [1.807, 2.05) is 0 Å². The Morgan fingerprint density at radius 1 is 1.25 bits per heavy atom. The van der Waals surface area contributed by atoms with Gasteiger partial charge < -0.3 is 15.9 Å². The number of hydrogen-bond donors (Lipinski definition) is 3. The first kappa shape index (κ1) is 17.6. The molecule has 0 rings (SSSR count). The van der Waals surface area contributed by atoms with Crippen molar-refractivity contribution in [3.05, 3.63) is 0 Å². The van der Waals surface area contributed by atoms with Crippen LogP contribution in [0.2, 0.25) is 0 Å². The Morgan fingerprint density at radius 3 is 2.00 bits per heavy atom. The largest absolute Gasteiger partial charge is 0.503 e. The summed E-state index contributed by atoms with van der Waals surface area (Å²) in [6.07, 6.45) is 4.86. The van der Waals surface area contributed by atoms with E-state index in [1.165, 1.54) is 32.1 Å². The SMILES string of the molecule is CCCCCCC(C)C(C)(C)N.O=C(O)O. The van der Waals surface area contributed by atoms with Gasteiger partial charge in [-0.3, -0.25) is 0 Å². The van der Waals surface area contributed by atoms with Crippen LogP contribution >= 0.6 is 0 Å². The van der Waals surface area contributed by atoms with Gasteiger partial charge in [-0.15, -0.1) is 0 Å². The smallest absolute Gasteiger partial charge is 0.450 e. The number of nitrogens with two attached hydrogens (primary N) is 1. The maximum absolute atomic E-state index is 8.56. The summed E-state index contributed by atoms with van der Waals surface area (Å²) < 4.78 is 0. The van der Waals surface area contributed by atoms with E-state index in [-0.39, 0.29) is 5.54 Å². The molecule has 0 saturated carbocycles. The maximum Gasteiger partial charge on any atom is 0.503 e. The van der Waals surface area contributed by atoms with E-state index in [2.05, 4.69) is 27.7 Å². The first-order chi connectivity index (χ1) is 7.21. The van der Waals surface area contributed by atoms with Crippen LogP contribution in [-0.4, -0.2) is 21.9 Å². The van der Waals surface area contributed by atoms with Gasteiger partial charge in [0.05, 0.1) is 0 Å². The summed E-state index contributed by atoms with van der Waals surface area (Å²) in [4.78, 5) is 8.56. The van der Waals surface area contributed by atoms with Gasteiger partial charge in [0.25, 0.3) is 0 Å². The molecule has 4 N–H and O–H groups in total. The van der Waals surface area contributed by atoms with Crippen molar-refractivity contribution < 1.29 is 15.0 Å². The van der Waals surface area contributed by atoms with Crippen LogP contribution < -0.4 is 5.73 Å². The second kappa shape index (κ2) is 9.46. The van der Waals surface area contributed by atoms with Gasteiger partial charge in [-0.1, -0.05) is 39.5 Å². The van der Waals surface area contributed by atoms with Gasteiger partial charge in [0.15, 0.2) is 0 Å². The van der Waals surface area contributed by atoms with Crippen molar-refractivity contribution in [3.63, 3.8) is 0 Å². The molecular weight excluding hydrogens is 206 g/mol. The van der Waals surface area contributed by atoms with E-state index in [0.29, 0.717) is 5.92 Å². The van der Waals surface area contributed by atoms with Crippen molar-refractivity contribution in [1.82, 2.24) is 0 Å². The van der Waals surface area contributed by atoms with Crippen LogP contribution in [0.1, 0.15) is 59.8 Å². The minimum atomic E-state index is -1.83. The highest BCUT2D eigenvalue weighted by atomic mass is 16.6. The quantitative estimate of drug-likeness (QED) is 0.612. The number of unbranched alkanes of at least 4 members (excludes halogenated alkanes) is 3. The standard InChI is InChI=1S/C11H25N.CH2O3/c1-5-6-7-8-9-10(2)11(3,4)12;2-1(3)4/h10H,5-9,12H2,1-4H3;(H2,2,3,4). The van der Waals surface area contributed by atoms with E-state index < -0.39 is 6.16 Å². The molecule has 0 aromatic heterocycles. The summed E-state index contributed by atoms with van der Waals surface area (Å²) in [5.41, 5.74) is 6.00. The van der Waals surface area contributed by atoms with Crippen molar-refractivity contribution in [2.75, 3.05) is 0 Å². The van der Waals surface area contributed by atoms with E-state index in [4.69, 9.17) is 20.7 Å². The van der Waals surface area contributed by atoms with Crippen LogP contribution in [0.25, 0.3) is 0 Å². The summed E-state index contributed by atoms with van der Waals surface area (Å²) in [7, 11) is 0. The summed E-state index contributed by atoms with van der Waals surface area (Å²) >= 11 is 0. The van der Waals surface area contributed by atoms with Gasteiger partial charge >= 0.3 is 6.16 Å². The molecule has 0 aliphatic carbocycles. The monoisotopic (exact) mass is 233 g/mol. The average molecular weight is 233 g/mol. The number of rotatable bonds is 6. The molecule has 0 fully saturated rings. The third-order valence-electron chi connectivity index (χ3n) is 2.76. The molecule has 0 saturated heterocycles. The fourth-order valence-corrected chi connectivity index (χ4v) is 1.25. The van der Waals surface area contributed by atoms with Gasteiger partial charge in [0.2, 0.25) is 0 Å². The van der Waals surface area contributed by atoms with Crippen LogP contribution in [0.3, 0.4) is 0 Å². The molecule has 0 aromatic rings. The summed E-state index contributed by atoms with van der Waals surface area (Å²) in [6, 6.07) is 0. The first-order valence-electron chi connectivity index (χ1n) is 5.92. The van der Waals surface area contributed by atoms with Gasteiger partial charge in [-0.2, -0.15) is 0 Å². The minimum Gasteiger partial charge on any atom is -0.450 e. The van der Waals surface area contributed by atoms with Crippen LogP contribution in [0, 0.1) is 5.92 Å². The highest BCUT2D eigenvalue weighted by molar-refractivity contribution is 5.53. The third kappa shape index (κ3) is 15.7. The third-order valence-corrected chi connectivity index (χ3v) is 2.76. The number of carbonyl (C=O) groups is 1. The lowest BCUT2D eigenvalue weighted by Crippen LogP contribution is -2.39. The topological polar surface area (TPSA) is 83.6 Å². The lowest BCUT2D eigenvalue weighted by molar-refractivity contribution is 0.137. The first-order valence-corrected chi connectivity index (χ1v) is 5.92. The van der Waals surface area contributed by atoms with Crippen molar-refractivity contribution >= 4 is 6.16 Å². The molecule has 4 nitrogen and oxygen atoms in total. The summed E-state index contributed by atoms with van der Waals surface area (Å²) in [5, 5.41) is 13.9. The molecule has 0 spiro atoms. The fourth-order valence-electron chi connectivity index (χ4n) is 1.25. The highest BCUT2D eigenvalue weighted by Crippen LogP contribution is 2.19. The molecular formula is C12H27NO3. The lowest BCUT2D eigenvalue weighted by atomic mass is 9.86. The summed E-state index contributed by atoms with van der Waals surface area (Å²) in [5.74, 6) is 0.648. The maximum atomic E-state index is 8.56. The molecule has 0 aromatic carbocycles. The second-order valence-corrected chi connectivity index (χ2v) is 4.85. The van der Waals surface area contributed by atoms with Crippen LogP contribution in [0.15, 0.2) is 0 Å². The zero-order chi connectivity index (χ0) is 13.2. The Labute approximate surface area is 98.8 Å². The van der Waals surface area contributed by atoms with Crippen molar-refractivity contribution in [1.29, 1.82) is 0 Å². The van der Waals surface area contributed by atoms with Crippen LogP contribution in [0.4, 0.5) is 4.79 Å². The molecule has 4 heteroatoms. The van der Waals surface area contributed by atoms with E-state index in [9.17, 15) is 0 Å². The Hall–Kier alpha value is -0.770.